The number of rotatable bonds is 3. The molecule has 0 spiro atoms. The van der Waals surface area contributed by atoms with Gasteiger partial charge in [0.15, 0.2) is 0 Å². The number of halogens is 2. The van der Waals surface area contributed by atoms with Gasteiger partial charge in [-0.15, -0.1) is 0 Å². The Bertz CT molecular complexity index is 24.4. The first-order valence-corrected chi connectivity index (χ1v) is 2.27. The van der Waals surface area contributed by atoms with Crippen LogP contribution in [0.2, 0.25) is 0 Å². The molecular formula is C5H10BrFMg. The minimum absolute atomic E-state index is 0. The molecule has 0 saturated heterocycles. The molecule has 0 aliphatic carbocycles. The monoisotopic (exact) mass is 192 g/mol. The van der Waals surface area contributed by atoms with E-state index in [1.165, 1.54) is 0 Å². The van der Waals surface area contributed by atoms with Gasteiger partial charge in [0, 0.05) is 0 Å². The maximum Gasteiger partial charge on any atom is 2.00 e. The van der Waals surface area contributed by atoms with Crippen LogP contribution in [0.15, 0.2) is 0 Å². The molecule has 0 aliphatic heterocycles. The largest absolute Gasteiger partial charge is 2.00 e. The van der Waals surface area contributed by atoms with Crippen LogP contribution >= 0.6 is 0 Å². The van der Waals surface area contributed by atoms with E-state index in [1.807, 2.05) is 0 Å². The Morgan fingerprint density at radius 1 is 1.25 bits per heavy atom. The van der Waals surface area contributed by atoms with E-state index in [9.17, 15) is 4.39 Å². The molecular weight excluding hydrogens is 183 g/mol. The zero-order chi connectivity index (χ0) is 4.83. The molecule has 0 N–H and O–H groups in total. The van der Waals surface area contributed by atoms with Gasteiger partial charge in [-0.2, -0.15) is 6.42 Å². The van der Waals surface area contributed by atoms with Gasteiger partial charge in [-0.05, 0) is 6.42 Å². The van der Waals surface area contributed by atoms with E-state index in [0.717, 1.165) is 12.8 Å². The van der Waals surface area contributed by atoms with E-state index in [4.69, 9.17) is 0 Å². The first-order valence-electron chi connectivity index (χ1n) is 2.27. The van der Waals surface area contributed by atoms with E-state index in [1.54, 1.807) is 0 Å². The Morgan fingerprint density at radius 2 is 1.75 bits per heavy atom. The zero-order valence-corrected chi connectivity index (χ0v) is 8.00. The molecule has 0 radical (unpaired) electrons. The summed E-state index contributed by atoms with van der Waals surface area (Å²) in [5.41, 5.74) is 0. The first-order chi connectivity index (χ1) is 2.91. The van der Waals surface area contributed by atoms with E-state index < -0.39 is 0 Å². The van der Waals surface area contributed by atoms with E-state index in [-0.39, 0.29) is 46.7 Å². The van der Waals surface area contributed by atoms with Gasteiger partial charge in [0.1, 0.15) is 0 Å². The molecule has 0 heterocycles. The fourth-order valence-corrected chi connectivity index (χ4v) is 0.271. The van der Waals surface area contributed by atoms with Crippen molar-refractivity contribution in [2.45, 2.75) is 19.3 Å². The number of hydrogen-bond donors (Lipinski definition) is 0. The molecule has 0 aromatic heterocycles. The van der Waals surface area contributed by atoms with Crippen molar-refractivity contribution in [3.63, 3.8) is 0 Å². The van der Waals surface area contributed by atoms with Crippen molar-refractivity contribution >= 4 is 23.1 Å². The van der Waals surface area contributed by atoms with Gasteiger partial charge < -0.3 is 23.9 Å². The van der Waals surface area contributed by atoms with E-state index in [0.29, 0.717) is 6.42 Å². The molecule has 0 amide bonds. The van der Waals surface area contributed by atoms with Gasteiger partial charge in [-0.3, -0.25) is 4.39 Å². The van der Waals surface area contributed by atoms with E-state index in [2.05, 4.69) is 6.92 Å². The van der Waals surface area contributed by atoms with Gasteiger partial charge in [0.05, 0.1) is 6.67 Å². The fraction of sp³-hybridized carbons (Fsp3) is 0.800. The predicted octanol–water partition coefficient (Wildman–Crippen LogP) is -1.42. The predicted molar refractivity (Wildman–Crippen MR) is 30.9 cm³/mol. The van der Waals surface area contributed by atoms with Crippen molar-refractivity contribution in [1.82, 2.24) is 0 Å². The number of hydrogen-bond acceptors (Lipinski definition) is 0. The summed E-state index contributed by atoms with van der Waals surface area (Å²) in [7, 11) is 0. The summed E-state index contributed by atoms with van der Waals surface area (Å²) in [6, 6.07) is 0. The molecule has 8 heavy (non-hydrogen) atoms. The van der Waals surface area contributed by atoms with Gasteiger partial charge >= 0.3 is 23.1 Å². The molecule has 0 rings (SSSR count). The summed E-state index contributed by atoms with van der Waals surface area (Å²) >= 11 is 0. The number of unbranched alkanes of at least 4 members (excludes halogenated alkanes) is 2. The molecule has 0 aromatic rings. The van der Waals surface area contributed by atoms with Crippen LogP contribution in [0.5, 0.6) is 0 Å². The van der Waals surface area contributed by atoms with Gasteiger partial charge in [0.2, 0.25) is 0 Å². The quantitative estimate of drug-likeness (QED) is 0.293. The maximum absolute atomic E-state index is 11.2. The van der Waals surface area contributed by atoms with Crippen LogP contribution in [-0.2, 0) is 0 Å². The molecule has 0 aromatic carbocycles. The van der Waals surface area contributed by atoms with E-state index >= 15 is 0 Å². The standard InChI is InChI=1S/C5H10F.BrH.Mg/c1-2-3-4-5-6;;/h1-5H2;1H;/q-1;;+2/p-1. The van der Waals surface area contributed by atoms with Crippen LogP contribution < -0.4 is 17.0 Å². The summed E-state index contributed by atoms with van der Waals surface area (Å²) < 4.78 is 11.2. The molecule has 0 aliphatic rings. The molecule has 0 bridgehead atoms. The summed E-state index contributed by atoms with van der Waals surface area (Å²) in [5.74, 6) is 0. The molecule has 0 fully saturated rings. The molecule has 46 valence electrons. The van der Waals surface area contributed by atoms with Crippen LogP contribution in [0.1, 0.15) is 19.3 Å². The summed E-state index contributed by atoms with van der Waals surface area (Å²) in [4.78, 5) is 0. The van der Waals surface area contributed by atoms with Crippen molar-refractivity contribution in [3.05, 3.63) is 6.92 Å². The average Bonchev–Trinajstić information content (AvgIpc) is 1.61. The first kappa shape index (κ1) is 16.1. The van der Waals surface area contributed by atoms with Crippen molar-refractivity contribution in [1.29, 1.82) is 0 Å². The van der Waals surface area contributed by atoms with Crippen LogP contribution in [0.3, 0.4) is 0 Å². The van der Waals surface area contributed by atoms with Crippen molar-refractivity contribution in [2.75, 3.05) is 6.67 Å². The Morgan fingerprint density at radius 3 is 1.88 bits per heavy atom. The second-order valence-corrected chi connectivity index (χ2v) is 1.25. The van der Waals surface area contributed by atoms with Crippen LogP contribution in [-0.4, -0.2) is 29.7 Å². The van der Waals surface area contributed by atoms with Crippen LogP contribution in [0.4, 0.5) is 4.39 Å². The molecule has 0 unspecified atom stereocenters. The second kappa shape index (κ2) is 15.7. The topological polar surface area (TPSA) is 0 Å². The SMILES string of the molecule is [Br-].[CH2-]CCCCF.[Mg+2]. The van der Waals surface area contributed by atoms with Crippen LogP contribution in [0.25, 0.3) is 0 Å². The number of alkyl halides is 1. The van der Waals surface area contributed by atoms with Crippen molar-refractivity contribution < 1.29 is 21.4 Å². The minimum Gasteiger partial charge on any atom is -1.00 e. The minimum atomic E-state index is -0.185. The third kappa shape index (κ3) is 15.7. The maximum atomic E-state index is 11.2. The second-order valence-electron chi connectivity index (χ2n) is 1.25. The Labute approximate surface area is 77.1 Å². The van der Waals surface area contributed by atoms with Gasteiger partial charge in [0.25, 0.3) is 0 Å². The Hall–Kier alpha value is 1.18. The van der Waals surface area contributed by atoms with Crippen molar-refractivity contribution in [3.8, 4) is 0 Å². The smallest absolute Gasteiger partial charge is 1.00 e. The summed E-state index contributed by atoms with van der Waals surface area (Å²) in [6.45, 7) is 3.37. The van der Waals surface area contributed by atoms with Gasteiger partial charge in [-0.25, -0.2) is 0 Å². The molecule has 0 saturated carbocycles. The normalized spacial score (nSPS) is 6.75. The Kier molecular flexibility index (Phi) is 31.6. The third-order valence-corrected chi connectivity index (χ3v) is 0.634. The van der Waals surface area contributed by atoms with Gasteiger partial charge in [-0.1, -0.05) is 6.42 Å². The molecule has 0 atom stereocenters. The zero-order valence-electron chi connectivity index (χ0n) is 5.00. The average molecular weight is 193 g/mol. The molecule has 3 heteroatoms. The summed E-state index contributed by atoms with van der Waals surface area (Å²) in [6.07, 6.45) is 2.48. The van der Waals surface area contributed by atoms with Crippen molar-refractivity contribution in [2.24, 2.45) is 0 Å². The third-order valence-electron chi connectivity index (χ3n) is 0.634. The Balaban J connectivity index is -0.000000125. The summed E-state index contributed by atoms with van der Waals surface area (Å²) in [5, 5.41) is 0. The van der Waals surface area contributed by atoms with Crippen LogP contribution in [0, 0.1) is 6.92 Å². The fourth-order valence-electron chi connectivity index (χ4n) is 0.271. The molecule has 0 nitrogen and oxygen atoms in total.